The monoisotopic (exact) mass is 740 g/mol. The Labute approximate surface area is 303 Å². The third-order valence-corrected chi connectivity index (χ3v) is 11.6. The highest BCUT2D eigenvalue weighted by molar-refractivity contribution is 8.54. The largest absolute Gasteiger partial charge is 0.494 e. The fourth-order valence-corrected chi connectivity index (χ4v) is 8.10. The third kappa shape index (κ3) is 12.3. The van der Waals surface area contributed by atoms with Gasteiger partial charge in [0.05, 0.1) is 31.2 Å². The molecule has 5 N–H and O–H groups in total. The van der Waals surface area contributed by atoms with E-state index < -0.39 is 12.8 Å². The van der Waals surface area contributed by atoms with Crippen molar-refractivity contribution in [3.8, 4) is 11.5 Å². The Morgan fingerprint density at radius 2 is 1.57 bits per heavy atom. The molecule has 15 heteroatoms. The number of imidazole rings is 1. The van der Waals surface area contributed by atoms with Gasteiger partial charge < -0.3 is 30.6 Å². The summed E-state index contributed by atoms with van der Waals surface area (Å²) < 4.78 is 37.3. The number of nitrogen functional groups attached to an aromatic ring is 1. The summed E-state index contributed by atoms with van der Waals surface area (Å²) in [6.45, 7) is -2.53. The number of aromatic nitrogens is 4. The molecule has 0 spiro atoms. The first-order valence-electron chi connectivity index (χ1n) is 17.8. The summed E-state index contributed by atoms with van der Waals surface area (Å²) in [5.74, 6) is 1.14. The Kier molecular flexibility index (Phi) is 15.1. The second-order valence-electron chi connectivity index (χ2n) is 12.6. The molecule has 5 rings (SSSR count). The summed E-state index contributed by atoms with van der Waals surface area (Å²) in [4.78, 5) is 35.6. The van der Waals surface area contributed by atoms with Crippen LogP contribution >= 0.6 is 18.2 Å². The Morgan fingerprint density at radius 3 is 2.27 bits per heavy atom. The van der Waals surface area contributed by atoms with Gasteiger partial charge in [0.2, 0.25) is 0 Å². The molecule has 4 aromatic rings. The van der Waals surface area contributed by atoms with E-state index in [1.165, 1.54) is 51.3 Å². The molecule has 51 heavy (non-hydrogen) atoms. The number of carbonyl (C=O) groups excluding carboxylic acids is 1. The van der Waals surface area contributed by atoms with E-state index in [9.17, 15) is 14.3 Å². The average molecular weight is 741 g/mol. The van der Waals surface area contributed by atoms with Gasteiger partial charge in [-0.05, 0) is 85.6 Å². The van der Waals surface area contributed by atoms with E-state index >= 15 is 0 Å². The number of esters is 1. The lowest BCUT2D eigenvalue weighted by Gasteiger charge is -2.17. The van der Waals surface area contributed by atoms with Crippen molar-refractivity contribution in [3.63, 3.8) is 0 Å². The van der Waals surface area contributed by atoms with E-state index in [1.54, 1.807) is 59.4 Å². The minimum Gasteiger partial charge on any atom is -0.494 e. The van der Waals surface area contributed by atoms with Crippen LogP contribution in [0.3, 0.4) is 0 Å². The molecule has 0 amide bonds. The fourth-order valence-electron chi connectivity index (χ4n) is 5.82. The lowest BCUT2D eigenvalue weighted by atomic mass is 10.1. The molecule has 0 radical (unpaired) electrons. The Morgan fingerprint density at radius 1 is 0.902 bits per heavy atom. The van der Waals surface area contributed by atoms with Gasteiger partial charge in [0.1, 0.15) is 29.6 Å². The van der Waals surface area contributed by atoms with Crippen LogP contribution in [-0.4, -0.2) is 56.2 Å². The quantitative estimate of drug-likeness (QED) is 0.0310. The van der Waals surface area contributed by atoms with Gasteiger partial charge in [0, 0.05) is 5.75 Å². The maximum atomic E-state index is 12.7. The maximum absolute atomic E-state index is 12.7. The Balaban J connectivity index is 0.949. The van der Waals surface area contributed by atoms with Gasteiger partial charge in [-0.15, -0.1) is 0 Å². The smallest absolute Gasteiger partial charge is 0.386 e. The molecule has 1 fully saturated rings. The predicted molar refractivity (Wildman–Crippen MR) is 199 cm³/mol. The van der Waals surface area contributed by atoms with Gasteiger partial charge in [0.25, 0.3) is 0 Å². The van der Waals surface area contributed by atoms with Crippen molar-refractivity contribution in [2.75, 3.05) is 25.5 Å². The van der Waals surface area contributed by atoms with Crippen molar-refractivity contribution in [3.05, 3.63) is 72.3 Å². The summed E-state index contributed by atoms with van der Waals surface area (Å²) in [7, 11) is 0. The first kappa shape index (κ1) is 38.7. The number of rotatable bonds is 22. The number of carbonyl (C=O) groups is 1. The van der Waals surface area contributed by atoms with Crippen molar-refractivity contribution in [1.82, 2.24) is 19.5 Å². The Hall–Kier alpha value is -3.52. The predicted octanol–water partition coefficient (Wildman–Crippen LogP) is 7.59. The Bertz CT molecular complexity index is 1710. The van der Waals surface area contributed by atoms with E-state index in [-0.39, 0.29) is 24.7 Å². The van der Waals surface area contributed by atoms with Crippen molar-refractivity contribution in [1.29, 1.82) is 0 Å². The standard InChI is InChI=1S/C36H49N6O7PS/c37-21-9-7-5-3-1-2-4-6-8-10-22-46-29-17-13-28(14-18-29)36(43)49-30-15-11-27(12-16-30)24-51-50(44,45)47-23-31-19-20-32(48-31)42-26-41-33-34(38)39-25-40-35(33)42/h11-18,25-26,31-32H,1-10,19-24,37H2,(H,44,45)(H2,38,39,40)/t31-,32+/m0/s1. The van der Waals surface area contributed by atoms with E-state index in [0.717, 1.165) is 48.5 Å². The van der Waals surface area contributed by atoms with Crippen molar-refractivity contribution < 1.29 is 33.0 Å². The summed E-state index contributed by atoms with van der Waals surface area (Å²) in [5.41, 5.74) is 13.7. The van der Waals surface area contributed by atoms with Crippen molar-refractivity contribution >= 4 is 41.1 Å². The number of hydrogen-bond acceptors (Lipinski definition) is 12. The highest BCUT2D eigenvalue weighted by atomic mass is 32.7. The minimum absolute atomic E-state index is 0.0278. The molecular formula is C36H49N6O7PS. The van der Waals surface area contributed by atoms with Crippen LogP contribution in [0.1, 0.15) is 99.2 Å². The van der Waals surface area contributed by atoms with Gasteiger partial charge in [-0.2, -0.15) is 0 Å². The maximum Gasteiger partial charge on any atom is 0.386 e. The molecule has 0 saturated carbocycles. The third-order valence-electron chi connectivity index (χ3n) is 8.69. The van der Waals surface area contributed by atoms with Gasteiger partial charge in [0.15, 0.2) is 11.5 Å². The zero-order valence-electron chi connectivity index (χ0n) is 28.9. The van der Waals surface area contributed by atoms with Gasteiger partial charge in [-0.1, -0.05) is 63.5 Å². The molecule has 2 aromatic carbocycles. The molecule has 2 aromatic heterocycles. The lowest BCUT2D eigenvalue weighted by molar-refractivity contribution is -0.0166. The SMILES string of the molecule is NCCCCCCCCCCCCOc1ccc(C(=O)Oc2ccc(CSP(=O)(O)OC[C@@H]3CC[C@H](n4cnc5c(N)ncnc54)O3)cc2)cc1. The van der Waals surface area contributed by atoms with Gasteiger partial charge in [-0.25, -0.2) is 24.3 Å². The highest BCUT2D eigenvalue weighted by Crippen LogP contribution is 2.57. The normalized spacial score (nSPS) is 17.1. The number of ether oxygens (including phenoxy) is 3. The lowest BCUT2D eigenvalue weighted by Crippen LogP contribution is -2.16. The molecule has 0 bridgehead atoms. The van der Waals surface area contributed by atoms with Crippen molar-refractivity contribution in [2.24, 2.45) is 5.73 Å². The molecule has 3 heterocycles. The van der Waals surface area contributed by atoms with Crippen LogP contribution in [0.4, 0.5) is 5.82 Å². The zero-order chi connectivity index (χ0) is 35.9. The van der Waals surface area contributed by atoms with E-state index in [4.69, 9.17) is 30.2 Å². The number of nitrogens with zero attached hydrogens (tertiary/aromatic N) is 4. The van der Waals surface area contributed by atoms with E-state index in [0.29, 0.717) is 47.7 Å². The molecule has 13 nitrogen and oxygen atoms in total. The molecule has 1 aliphatic rings. The van der Waals surface area contributed by atoms with E-state index in [2.05, 4.69) is 15.0 Å². The van der Waals surface area contributed by atoms with Gasteiger partial charge >= 0.3 is 12.8 Å². The van der Waals surface area contributed by atoms with Crippen LogP contribution in [0.2, 0.25) is 0 Å². The highest BCUT2D eigenvalue weighted by Gasteiger charge is 2.31. The first-order valence-corrected chi connectivity index (χ1v) is 20.9. The first-order chi connectivity index (χ1) is 24.8. The molecule has 1 unspecified atom stereocenters. The van der Waals surface area contributed by atoms with Crippen LogP contribution in [0, 0.1) is 0 Å². The van der Waals surface area contributed by atoms with Crippen LogP contribution in [0.15, 0.2) is 61.2 Å². The number of benzene rings is 2. The molecule has 1 saturated heterocycles. The summed E-state index contributed by atoms with van der Waals surface area (Å²) in [5, 5.41) is 0. The molecule has 0 aliphatic carbocycles. The number of unbranched alkanes of at least 4 members (excludes halogenated alkanes) is 9. The number of anilines is 1. The number of nitrogens with two attached hydrogens (primary N) is 2. The van der Waals surface area contributed by atoms with Crippen LogP contribution in [0.25, 0.3) is 11.2 Å². The molecular weight excluding hydrogens is 691 g/mol. The minimum atomic E-state index is -3.95. The van der Waals surface area contributed by atoms with Crippen LogP contribution in [-0.2, 0) is 19.6 Å². The summed E-state index contributed by atoms with van der Waals surface area (Å²) >= 11 is 0.814. The second kappa shape index (κ2) is 19.9. The van der Waals surface area contributed by atoms with Crippen LogP contribution < -0.4 is 20.9 Å². The van der Waals surface area contributed by atoms with Crippen molar-refractivity contribution in [2.45, 2.75) is 95.1 Å². The summed E-state index contributed by atoms with van der Waals surface area (Å²) in [6.07, 6.45) is 15.9. The van der Waals surface area contributed by atoms with E-state index in [1.807, 2.05) is 0 Å². The zero-order valence-corrected chi connectivity index (χ0v) is 30.6. The molecule has 1 aliphatic heterocycles. The number of fused-ring (bicyclic) bond motifs is 1. The number of hydrogen-bond donors (Lipinski definition) is 3. The van der Waals surface area contributed by atoms with Crippen LogP contribution in [0.5, 0.6) is 11.5 Å². The fraction of sp³-hybridized carbons (Fsp3) is 0.500. The summed E-state index contributed by atoms with van der Waals surface area (Å²) in [6, 6.07) is 13.7. The molecule has 3 atom stereocenters. The molecule has 276 valence electrons. The average Bonchev–Trinajstić information content (AvgIpc) is 3.79. The van der Waals surface area contributed by atoms with Gasteiger partial charge in [-0.3, -0.25) is 9.09 Å². The topological polar surface area (TPSA) is 187 Å². The second-order valence-corrected chi connectivity index (χ2v) is 16.5.